The third-order valence-corrected chi connectivity index (χ3v) is 8.40. The van der Waals surface area contributed by atoms with Gasteiger partial charge in [0.05, 0.1) is 9.50 Å². The first-order chi connectivity index (χ1) is 7.56. The van der Waals surface area contributed by atoms with Gasteiger partial charge < -0.3 is 4.43 Å². The zero-order valence-corrected chi connectivity index (χ0v) is 14.0. The van der Waals surface area contributed by atoms with Crippen LogP contribution in [0, 0.1) is 5.82 Å². The second-order valence-corrected chi connectivity index (χ2v) is 11.5. The lowest BCUT2D eigenvalue weighted by molar-refractivity contribution is 0.455. The first kappa shape index (κ1) is 15.0. The second-order valence-electron chi connectivity index (χ2n) is 5.53. The van der Waals surface area contributed by atoms with Crippen LogP contribution in [0.2, 0.25) is 23.2 Å². The molecule has 0 aliphatic carbocycles. The van der Waals surface area contributed by atoms with Crippen LogP contribution in [0.25, 0.3) is 0 Å². The van der Waals surface area contributed by atoms with Gasteiger partial charge in [-0.2, -0.15) is 0 Å². The van der Waals surface area contributed by atoms with Crippen LogP contribution in [-0.2, 0) is 0 Å². The van der Waals surface area contributed by atoms with Crippen molar-refractivity contribution in [2.75, 3.05) is 0 Å². The Balaban J connectivity index is 3.16. The maximum atomic E-state index is 13.9. The van der Waals surface area contributed by atoms with E-state index in [1.54, 1.807) is 12.1 Å². The second kappa shape index (κ2) is 4.90. The highest BCUT2D eigenvalue weighted by molar-refractivity contribution is 9.10. The highest BCUT2D eigenvalue weighted by Crippen LogP contribution is 2.41. The summed E-state index contributed by atoms with van der Waals surface area (Å²) in [5, 5.41) is 0.320. The van der Waals surface area contributed by atoms with E-state index in [9.17, 15) is 4.39 Å². The molecule has 17 heavy (non-hydrogen) atoms. The minimum Gasteiger partial charge on any atom is -0.541 e. The largest absolute Gasteiger partial charge is 0.541 e. The highest BCUT2D eigenvalue weighted by atomic mass is 79.9. The maximum Gasteiger partial charge on any atom is 0.250 e. The van der Waals surface area contributed by atoms with Gasteiger partial charge in [0.2, 0.25) is 0 Å². The number of halogens is 3. The summed E-state index contributed by atoms with van der Waals surface area (Å²) in [4.78, 5) is 0. The van der Waals surface area contributed by atoms with E-state index in [0.717, 1.165) is 0 Å². The van der Waals surface area contributed by atoms with Gasteiger partial charge in [0.1, 0.15) is 0 Å². The van der Waals surface area contributed by atoms with Gasteiger partial charge in [-0.05, 0) is 46.2 Å². The van der Waals surface area contributed by atoms with E-state index in [1.165, 1.54) is 0 Å². The van der Waals surface area contributed by atoms with E-state index in [2.05, 4.69) is 49.8 Å². The van der Waals surface area contributed by atoms with Crippen molar-refractivity contribution < 1.29 is 8.82 Å². The van der Waals surface area contributed by atoms with Gasteiger partial charge in [-0.25, -0.2) is 4.39 Å². The van der Waals surface area contributed by atoms with E-state index in [4.69, 9.17) is 16.0 Å². The van der Waals surface area contributed by atoms with Crippen molar-refractivity contribution in [1.29, 1.82) is 0 Å². The minimum atomic E-state index is -2.08. The summed E-state index contributed by atoms with van der Waals surface area (Å²) in [5.41, 5.74) is 0. The lowest BCUT2D eigenvalue weighted by atomic mass is 10.2. The fourth-order valence-corrected chi connectivity index (χ4v) is 2.59. The third-order valence-electron chi connectivity index (χ3n) is 3.17. The van der Waals surface area contributed by atoms with Crippen molar-refractivity contribution >= 4 is 35.8 Å². The predicted molar refractivity (Wildman–Crippen MR) is 76.9 cm³/mol. The van der Waals surface area contributed by atoms with Crippen LogP contribution in [0.15, 0.2) is 16.6 Å². The first-order valence-electron chi connectivity index (χ1n) is 5.39. The molecular formula is C12H17BrClFOSi. The molecule has 0 unspecified atom stereocenters. The fourth-order valence-electron chi connectivity index (χ4n) is 1.01. The molecule has 0 atom stereocenters. The normalized spacial score (nSPS) is 12.7. The van der Waals surface area contributed by atoms with Crippen LogP contribution in [0.1, 0.15) is 20.8 Å². The maximum absolute atomic E-state index is 13.9. The molecule has 0 fully saturated rings. The predicted octanol–water partition coefficient (Wildman–Crippen LogP) is 5.63. The molecule has 1 rings (SSSR count). The van der Waals surface area contributed by atoms with E-state index in [0.29, 0.717) is 9.50 Å². The summed E-state index contributed by atoms with van der Waals surface area (Å²) < 4.78 is 20.2. The molecule has 0 spiro atoms. The van der Waals surface area contributed by atoms with Crippen molar-refractivity contribution in [2.24, 2.45) is 0 Å². The smallest absolute Gasteiger partial charge is 0.250 e. The van der Waals surface area contributed by atoms with Crippen molar-refractivity contribution in [3.05, 3.63) is 27.4 Å². The molecule has 0 radical (unpaired) electrons. The van der Waals surface area contributed by atoms with Crippen LogP contribution in [0.5, 0.6) is 5.75 Å². The molecule has 1 nitrogen and oxygen atoms in total. The van der Waals surface area contributed by atoms with E-state index < -0.39 is 14.1 Å². The quantitative estimate of drug-likeness (QED) is 0.501. The molecule has 0 bridgehead atoms. The average Bonchev–Trinajstić information content (AvgIpc) is 2.17. The molecule has 5 heteroatoms. The Labute approximate surface area is 117 Å². The molecule has 1 aromatic rings. The molecular weight excluding hydrogens is 323 g/mol. The van der Waals surface area contributed by atoms with Crippen LogP contribution in [-0.4, -0.2) is 8.32 Å². The lowest BCUT2D eigenvalue weighted by Crippen LogP contribution is -2.44. The monoisotopic (exact) mass is 338 g/mol. The molecule has 0 aliphatic rings. The molecule has 0 aliphatic heterocycles. The summed E-state index contributed by atoms with van der Waals surface area (Å²) in [6.45, 7) is 10.4. The Kier molecular flexibility index (Phi) is 4.32. The van der Waals surface area contributed by atoms with Gasteiger partial charge in [-0.1, -0.05) is 32.4 Å². The highest BCUT2D eigenvalue weighted by Gasteiger charge is 2.40. The Morgan fingerprint density at radius 1 is 1.29 bits per heavy atom. The summed E-state index contributed by atoms with van der Waals surface area (Å²) in [5.74, 6) is -0.269. The standard InChI is InChI=1S/C12H17BrClFOSi/c1-12(2,3)17(4,5)16-11-9(14)7-6-8(13)10(11)15/h6-7H,1-5H3. The number of hydrogen-bond donors (Lipinski definition) is 0. The van der Waals surface area contributed by atoms with E-state index in [1.807, 2.05) is 0 Å². The van der Waals surface area contributed by atoms with Gasteiger partial charge in [-0.3, -0.25) is 0 Å². The Bertz CT molecular complexity index is 429. The van der Waals surface area contributed by atoms with Gasteiger partial charge in [0.15, 0.2) is 11.6 Å². The number of benzene rings is 1. The molecule has 0 heterocycles. The molecule has 1 aromatic carbocycles. The number of hydrogen-bond acceptors (Lipinski definition) is 1. The average molecular weight is 340 g/mol. The Hall–Kier alpha value is -0.0631. The molecule has 0 aromatic heterocycles. The Morgan fingerprint density at radius 2 is 1.82 bits per heavy atom. The van der Waals surface area contributed by atoms with Crippen molar-refractivity contribution in [3.63, 3.8) is 0 Å². The molecule has 0 N–H and O–H groups in total. The van der Waals surface area contributed by atoms with Crippen LogP contribution < -0.4 is 4.43 Å². The van der Waals surface area contributed by atoms with Gasteiger partial charge in [-0.15, -0.1) is 0 Å². The lowest BCUT2D eigenvalue weighted by Gasteiger charge is -2.36. The topological polar surface area (TPSA) is 9.23 Å². The molecule has 0 saturated heterocycles. The number of rotatable bonds is 2. The van der Waals surface area contributed by atoms with Gasteiger partial charge >= 0.3 is 0 Å². The van der Waals surface area contributed by atoms with Crippen molar-refractivity contribution in [1.82, 2.24) is 0 Å². The van der Waals surface area contributed by atoms with Crippen LogP contribution in [0.4, 0.5) is 4.39 Å². The van der Waals surface area contributed by atoms with Gasteiger partial charge in [0, 0.05) is 0 Å². The SMILES string of the molecule is CC(C)(C)[Si](C)(C)Oc1c(Cl)ccc(Br)c1F. The van der Waals surface area contributed by atoms with E-state index in [-0.39, 0.29) is 10.8 Å². The Morgan fingerprint density at radius 3 is 2.29 bits per heavy atom. The van der Waals surface area contributed by atoms with Crippen molar-refractivity contribution in [2.45, 2.75) is 38.9 Å². The molecule has 96 valence electrons. The summed E-state index contributed by atoms with van der Waals surface area (Å²) in [7, 11) is -2.08. The zero-order chi connectivity index (χ0) is 13.4. The summed E-state index contributed by atoms with van der Waals surface area (Å²) in [6.07, 6.45) is 0. The molecule has 0 amide bonds. The fraction of sp³-hybridized carbons (Fsp3) is 0.500. The van der Waals surface area contributed by atoms with Crippen LogP contribution >= 0.6 is 27.5 Å². The molecule has 0 saturated carbocycles. The summed E-state index contributed by atoms with van der Waals surface area (Å²) in [6, 6.07) is 3.22. The zero-order valence-electron chi connectivity index (χ0n) is 10.7. The van der Waals surface area contributed by atoms with Crippen molar-refractivity contribution in [3.8, 4) is 5.75 Å². The minimum absolute atomic E-state index is 0.00505. The summed E-state index contributed by atoms with van der Waals surface area (Å²) >= 11 is 9.13. The van der Waals surface area contributed by atoms with Crippen LogP contribution in [0.3, 0.4) is 0 Å². The van der Waals surface area contributed by atoms with Gasteiger partial charge in [0.25, 0.3) is 8.32 Å². The first-order valence-corrected chi connectivity index (χ1v) is 9.47. The third kappa shape index (κ3) is 3.23. The van der Waals surface area contributed by atoms with E-state index >= 15 is 0 Å².